The second-order valence-corrected chi connectivity index (χ2v) is 4.18. The normalized spacial score (nSPS) is 11.2. The fourth-order valence-electron chi connectivity index (χ4n) is 1.94. The molecule has 0 saturated heterocycles. The highest BCUT2D eigenvalue weighted by Gasteiger charge is 2.16. The lowest BCUT2D eigenvalue weighted by Gasteiger charge is -2.17. The molecule has 1 atom stereocenters. The summed E-state index contributed by atoms with van der Waals surface area (Å²) in [7, 11) is 3.17. The van der Waals surface area contributed by atoms with Crippen LogP contribution in [0.25, 0.3) is 0 Å². The lowest BCUT2D eigenvalue weighted by atomic mass is 10.1. The minimum Gasteiger partial charge on any atom is -0.497 e. The predicted molar refractivity (Wildman–Crippen MR) is 78.0 cm³/mol. The first kappa shape index (κ1) is 13.8. The molecule has 4 nitrogen and oxygen atoms in total. The van der Waals surface area contributed by atoms with E-state index in [1.807, 2.05) is 42.5 Å². The Morgan fingerprint density at radius 1 is 1.05 bits per heavy atom. The number of nitrogens with zero attached hydrogens (tertiary/aromatic N) is 1. The molecule has 0 fully saturated rings. The van der Waals surface area contributed by atoms with Gasteiger partial charge < -0.3 is 14.8 Å². The number of benzene rings is 2. The van der Waals surface area contributed by atoms with Crippen LogP contribution in [0.2, 0.25) is 0 Å². The van der Waals surface area contributed by atoms with Gasteiger partial charge in [0.15, 0.2) is 0 Å². The maximum absolute atomic E-state index is 9.39. The van der Waals surface area contributed by atoms with Gasteiger partial charge in [-0.3, -0.25) is 0 Å². The van der Waals surface area contributed by atoms with Crippen molar-refractivity contribution in [3.05, 3.63) is 54.1 Å². The van der Waals surface area contributed by atoms with Crippen LogP contribution < -0.4 is 14.8 Å². The van der Waals surface area contributed by atoms with Gasteiger partial charge in [0, 0.05) is 17.3 Å². The van der Waals surface area contributed by atoms with Crippen LogP contribution in [0.5, 0.6) is 11.5 Å². The molecule has 0 spiro atoms. The molecule has 0 aliphatic heterocycles. The van der Waals surface area contributed by atoms with E-state index >= 15 is 0 Å². The summed E-state index contributed by atoms with van der Waals surface area (Å²) in [5, 5.41) is 12.6. The highest BCUT2D eigenvalue weighted by Crippen LogP contribution is 2.31. The number of ether oxygens (including phenoxy) is 2. The van der Waals surface area contributed by atoms with Crippen LogP contribution in [0, 0.1) is 11.3 Å². The molecule has 0 saturated carbocycles. The second-order valence-electron chi connectivity index (χ2n) is 4.18. The molecule has 4 heteroatoms. The molecule has 0 aromatic heterocycles. The van der Waals surface area contributed by atoms with Crippen LogP contribution in [0.3, 0.4) is 0 Å². The summed E-state index contributed by atoms with van der Waals surface area (Å²) in [4.78, 5) is 0. The zero-order valence-corrected chi connectivity index (χ0v) is 11.5. The summed E-state index contributed by atoms with van der Waals surface area (Å²) in [5.74, 6) is 1.32. The summed E-state index contributed by atoms with van der Waals surface area (Å²) in [5.41, 5.74) is 1.66. The molecule has 0 radical (unpaired) electrons. The largest absolute Gasteiger partial charge is 0.497 e. The lowest BCUT2D eigenvalue weighted by Crippen LogP contribution is -2.10. The molecule has 1 unspecified atom stereocenters. The third-order valence-electron chi connectivity index (χ3n) is 2.97. The Labute approximate surface area is 118 Å². The van der Waals surface area contributed by atoms with Gasteiger partial charge in [0.05, 0.1) is 20.3 Å². The molecule has 0 aliphatic carbocycles. The molecule has 20 heavy (non-hydrogen) atoms. The highest BCUT2D eigenvalue weighted by molar-refractivity contribution is 5.51. The van der Waals surface area contributed by atoms with Crippen LogP contribution in [0.1, 0.15) is 11.6 Å². The van der Waals surface area contributed by atoms with Gasteiger partial charge in [0.25, 0.3) is 0 Å². The predicted octanol–water partition coefficient (Wildman–Crippen LogP) is 3.38. The summed E-state index contributed by atoms with van der Waals surface area (Å²) in [6, 6.07) is 16.8. The second kappa shape index (κ2) is 6.48. The van der Waals surface area contributed by atoms with Crippen molar-refractivity contribution in [1.82, 2.24) is 0 Å². The van der Waals surface area contributed by atoms with Gasteiger partial charge in [0.2, 0.25) is 0 Å². The van der Waals surface area contributed by atoms with Crippen LogP contribution in [-0.2, 0) is 0 Å². The standard InChI is InChI=1S/C16H16N2O2/c1-19-13-8-9-14(16(10-13)20-2)15(11-17)18-12-6-4-3-5-7-12/h3-10,15,18H,1-2H3. The van der Waals surface area contributed by atoms with Crippen LogP contribution in [0.15, 0.2) is 48.5 Å². The van der Waals surface area contributed by atoms with Crippen molar-refractivity contribution < 1.29 is 9.47 Å². The van der Waals surface area contributed by atoms with Gasteiger partial charge >= 0.3 is 0 Å². The monoisotopic (exact) mass is 268 g/mol. The first-order valence-corrected chi connectivity index (χ1v) is 6.21. The zero-order chi connectivity index (χ0) is 14.4. The minimum absolute atomic E-state index is 0.488. The Morgan fingerprint density at radius 3 is 2.40 bits per heavy atom. The lowest BCUT2D eigenvalue weighted by molar-refractivity contribution is 0.390. The molecule has 1 N–H and O–H groups in total. The van der Waals surface area contributed by atoms with Crippen LogP contribution in [-0.4, -0.2) is 14.2 Å². The maximum atomic E-state index is 9.39. The first-order valence-electron chi connectivity index (χ1n) is 6.21. The van der Waals surface area contributed by atoms with Crippen molar-refractivity contribution in [3.63, 3.8) is 0 Å². The van der Waals surface area contributed by atoms with E-state index in [9.17, 15) is 5.26 Å². The molecule has 2 aromatic carbocycles. The maximum Gasteiger partial charge on any atom is 0.143 e. The molecule has 2 aromatic rings. The average molecular weight is 268 g/mol. The first-order chi connectivity index (χ1) is 9.78. The van der Waals surface area contributed by atoms with Gasteiger partial charge in [-0.25, -0.2) is 0 Å². The highest BCUT2D eigenvalue weighted by atomic mass is 16.5. The third kappa shape index (κ3) is 3.01. The SMILES string of the molecule is COc1ccc(C(C#N)Nc2ccccc2)c(OC)c1. The smallest absolute Gasteiger partial charge is 0.143 e. The number of hydrogen-bond acceptors (Lipinski definition) is 4. The van der Waals surface area contributed by atoms with Crippen molar-refractivity contribution in [2.24, 2.45) is 0 Å². The van der Waals surface area contributed by atoms with Crippen LogP contribution >= 0.6 is 0 Å². The summed E-state index contributed by atoms with van der Waals surface area (Å²) in [6.45, 7) is 0. The van der Waals surface area contributed by atoms with E-state index in [1.54, 1.807) is 20.3 Å². The summed E-state index contributed by atoms with van der Waals surface area (Å²) in [6.07, 6.45) is 0. The summed E-state index contributed by atoms with van der Waals surface area (Å²) < 4.78 is 10.5. The van der Waals surface area contributed by atoms with Gasteiger partial charge in [-0.15, -0.1) is 0 Å². The Kier molecular flexibility index (Phi) is 4.46. The fraction of sp³-hybridized carbons (Fsp3) is 0.188. The van der Waals surface area contributed by atoms with E-state index in [0.29, 0.717) is 11.5 Å². The third-order valence-corrected chi connectivity index (χ3v) is 2.97. The van der Waals surface area contributed by atoms with Crippen LogP contribution in [0.4, 0.5) is 5.69 Å². The number of nitrogens with one attached hydrogen (secondary N) is 1. The molecule has 0 heterocycles. The number of hydrogen-bond donors (Lipinski definition) is 1. The number of para-hydroxylation sites is 1. The van der Waals surface area contributed by atoms with Gasteiger partial charge in [-0.2, -0.15) is 5.26 Å². The Bertz CT molecular complexity index is 606. The van der Waals surface area contributed by atoms with Crippen molar-refractivity contribution >= 4 is 5.69 Å². The summed E-state index contributed by atoms with van der Waals surface area (Å²) >= 11 is 0. The molecular formula is C16H16N2O2. The van der Waals surface area contributed by atoms with Crippen molar-refractivity contribution in [1.29, 1.82) is 5.26 Å². The molecular weight excluding hydrogens is 252 g/mol. The fourth-order valence-corrected chi connectivity index (χ4v) is 1.94. The van der Waals surface area contributed by atoms with E-state index in [0.717, 1.165) is 11.3 Å². The van der Waals surface area contributed by atoms with Gasteiger partial charge in [0.1, 0.15) is 17.5 Å². The number of methoxy groups -OCH3 is 2. The molecule has 0 aliphatic rings. The molecule has 2 rings (SSSR count). The quantitative estimate of drug-likeness (QED) is 0.903. The van der Waals surface area contributed by atoms with Crippen molar-refractivity contribution in [2.75, 3.05) is 19.5 Å². The van der Waals surface area contributed by atoms with E-state index in [2.05, 4.69) is 11.4 Å². The zero-order valence-electron chi connectivity index (χ0n) is 11.5. The molecule has 0 bridgehead atoms. The number of nitriles is 1. The molecule has 0 amide bonds. The Hall–Kier alpha value is -2.67. The van der Waals surface area contributed by atoms with Gasteiger partial charge in [-0.05, 0) is 24.3 Å². The molecule has 102 valence electrons. The van der Waals surface area contributed by atoms with E-state index < -0.39 is 6.04 Å². The average Bonchev–Trinajstić information content (AvgIpc) is 2.53. The van der Waals surface area contributed by atoms with Gasteiger partial charge in [-0.1, -0.05) is 18.2 Å². The number of anilines is 1. The number of rotatable bonds is 5. The Balaban J connectivity index is 2.30. The van der Waals surface area contributed by atoms with E-state index in [4.69, 9.17) is 9.47 Å². The Morgan fingerprint density at radius 2 is 1.80 bits per heavy atom. The topological polar surface area (TPSA) is 54.3 Å². The van der Waals surface area contributed by atoms with E-state index in [-0.39, 0.29) is 0 Å². The van der Waals surface area contributed by atoms with Crippen molar-refractivity contribution in [2.45, 2.75) is 6.04 Å². The van der Waals surface area contributed by atoms with E-state index in [1.165, 1.54) is 0 Å². The van der Waals surface area contributed by atoms with Crippen molar-refractivity contribution in [3.8, 4) is 17.6 Å². The minimum atomic E-state index is -0.488.